The van der Waals surface area contributed by atoms with Gasteiger partial charge in [-0.05, 0) is 20.8 Å². The Kier molecular flexibility index (Phi) is 2.78. The molecule has 0 aromatic carbocycles. The van der Waals surface area contributed by atoms with E-state index < -0.39 is 0 Å². The first-order valence-electron chi connectivity index (χ1n) is 5.42. The molecule has 1 atom stereocenters. The molecular formula is C11H17N5. The van der Waals surface area contributed by atoms with E-state index in [2.05, 4.69) is 23.9 Å². The molecule has 1 unspecified atom stereocenters. The second-order valence-electron chi connectivity index (χ2n) is 4.25. The molecule has 2 aromatic heterocycles. The second-order valence-corrected chi connectivity index (χ2v) is 4.25. The molecule has 2 aromatic rings. The number of imidazole rings is 1. The Hall–Kier alpha value is -1.62. The second kappa shape index (κ2) is 4.09. The maximum atomic E-state index is 5.87. The Balaban J connectivity index is 2.39. The summed E-state index contributed by atoms with van der Waals surface area (Å²) >= 11 is 0. The maximum absolute atomic E-state index is 5.87. The summed E-state index contributed by atoms with van der Waals surface area (Å²) in [4.78, 5) is 4.12. The normalized spacial score (nSPS) is 13.3. The van der Waals surface area contributed by atoms with E-state index in [1.807, 2.05) is 28.6 Å². The minimum Gasteiger partial charge on any atom is -0.323 e. The summed E-state index contributed by atoms with van der Waals surface area (Å²) in [6.45, 7) is 6.13. The molecule has 0 fully saturated rings. The van der Waals surface area contributed by atoms with Crippen molar-refractivity contribution < 1.29 is 0 Å². The van der Waals surface area contributed by atoms with Gasteiger partial charge in [-0.25, -0.2) is 4.98 Å². The third-order valence-electron chi connectivity index (χ3n) is 2.53. The van der Waals surface area contributed by atoms with Gasteiger partial charge >= 0.3 is 0 Å². The van der Waals surface area contributed by atoms with Crippen molar-refractivity contribution in [3.05, 3.63) is 30.6 Å². The summed E-state index contributed by atoms with van der Waals surface area (Å²) in [5.74, 6) is 0. The lowest BCUT2D eigenvalue weighted by molar-refractivity contribution is 0.532. The van der Waals surface area contributed by atoms with E-state index in [0.717, 1.165) is 11.4 Å². The molecule has 0 radical (unpaired) electrons. The Morgan fingerprint density at radius 2 is 2.00 bits per heavy atom. The van der Waals surface area contributed by atoms with Gasteiger partial charge in [-0.2, -0.15) is 5.10 Å². The summed E-state index contributed by atoms with van der Waals surface area (Å²) in [7, 11) is 0. The Morgan fingerprint density at radius 3 is 2.56 bits per heavy atom. The SMILES string of the molecule is CC(N)c1cncn1-c1cnn(C(C)C)c1. The van der Waals surface area contributed by atoms with Gasteiger partial charge in [0.15, 0.2) is 0 Å². The van der Waals surface area contributed by atoms with Gasteiger partial charge in [0.25, 0.3) is 0 Å². The predicted molar refractivity (Wildman–Crippen MR) is 62.3 cm³/mol. The highest BCUT2D eigenvalue weighted by atomic mass is 15.3. The molecule has 2 N–H and O–H groups in total. The van der Waals surface area contributed by atoms with E-state index in [1.54, 1.807) is 12.5 Å². The number of nitrogens with two attached hydrogens (primary N) is 1. The zero-order valence-electron chi connectivity index (χ0n) is 9.83. The molecule has 0 spiro atoms. The van der Waals surface area contributed by atoms with Gasteiger partial charge in [0.1, 0.15) is 0 Å². The smallest absolute Gasteiger partial charge is 0.0995 e. The van der Waals surface area contributed by atoms with Crippen LogP contribution < -0.4 is 5.73 Å². The topological polar surface area (TPSA) is 61.7 Å². The lowest BCUT2D eigenvalue weighted by Gasteiger charge is -2.08. The molecule has 0 aliphatic carbocycles. The van der Waals surface area contributed by atoms with Crippen molar-refractivity contribution in [1.29, 1.82) is 0 Å². The molecule has 0 saturated carbocycles. The predicted octanol–water partition coefficient (Wildman–Crippen LogP) is 1.67. The van der Waals surface area contributed by atoms with Crippen molar-refractivity contribution >= 4 is 0 Å². The van der Waals surface area contributed by atoms with Crippen LogP contribution in [0.25, 0.3) is 5.69 Å². The average Bonchev–Trinajstić information content (AvgIpc) is 2.86. The van der Waals surface area contributed by atoms with Crippen molar-refractivity contribution in [1.82, 2.24) is 19.3 Å². The van der Waals surface area contributed by atoms with Crippen LogP contribution in [-0.4, -0.2) is 19.3 Å². The highest BCUT2D eigenvalue weighted by molar-refractivity contribution is 5.29. The summed E-state index contributed by atoms with van der Waals surface area (Å²) in [5, 5.41) is 4.30. The quantitative estimate of drug-likeness (QED) is 0.854. The number of nitrogens with zero attached hydrogens (tertiary/aromatic N) is 4. The van der Waals surface area contributed by atoms with Crippen LogP contribution in [0.1, 0.15) is 38.5 Å². The maximum Gasteiger partial charge on any atom is 0.0995 e. The van der Waals surface area contributed by atoms with E-state index in [1.165, 1.54) is 0 Å². The van der Waals surface area contributed by atoms with Gasteiger partial charge in [-0.3, -0.25) is 9.25 Å². The number of hydrogen-bond donors (Lipinski definition) is 1. The molecule has 0 amide bonds. The van der Waals surface area contributed by atoms with E-state index in [4.69, 9.17) is 5.73 Å². The fourth-order valence-corrected chi connectivity index (χ4v) is 1.59. The van der Waals surface area contributed by atoms with Crippen molar-refractivity contribution in [2.45, 2.75) is 32.9 Å². The first kappa shape index (κ1) is 10.9. The Labute approximate surface area is 94.9 Å². The van der Waals surface area contributed by atoms with E-state index >= 15 is 0 Å². The lowest BCUT2D eigenvalue weighted by Crippen LogP contribution is -2.10. The zero-order chi connectivity index (χ0) is 11.7. The van der Waals surface area contributed by atoms with Gasteiger partial charge < -0.3 is 5.73 Å². The molecule has 0 saturated heterocycles. The van der Waals surface area contributed by atoms with Crippen molar-refractivity contribution in [3.8, 4) is 5.69 Å². The molecule has 0 aliphatic rings. The average molecular weight is 219 g/mol. The first-order chi connectivity index (χ1) is 7.59. The third kappa shape index (κ3) is 1.86. The van der Waals surface area contributed by atoms with Crippen LogP contribution in [0.3, 0.4) is 0 Å². The first-order valence-corrected chi connectivity index (χ1v) is 5.42. The fourth-order valence-electron chi connectivity index (χ4n) is 1.59. The van der Waals surface area contributed by atoms with Crippen LogP contribution in [0.5, 0.6) is 0 Å². The van der Waals surface area contributed by atoms with Gasteiger partial charge in [-0.15, -0.1) is 0 Å². The minimum absolute atomic E-state index is 0.0371. The summed E-state index contributed by atoms with van der Waals surface area (Å²) < 4.78 is 3.89. The van der Waals surface area contributed by atoms with Crippen LogP contribution in [0.4, 0.5) is 0 Å². The zero-order valence-corrected chi connectivity index (χ0v) is 9.83. The molecule has 5 heteroatoms. The van der Waals surface area contributed by atoms with Crippen LogP contribution in [0.2, 0.25) is 0 Å². The van der Waals surface area contributed by atoms with Gasteiger partial charge in [0, 0.05) is 18.3 Å². The van der Waals surface area contributed by atoms with Crippen LogP contribution in [0.15, 0.2) is 24.9 Å². The van der Waals surface area contributed by atoms with Crippen LogP contribution in [0, 0.1) is 0 Å². The third-order valence-corrected chi connectivity index (χ3v) is 2.53. The monoisotopic (exact) mass is 219 g/mol. The standard InChI is InChI=1S/C11H17N5/c1-8(2)16-6-10(4-14-16)15-7-13-5-11(15)9(3)12/h4-9H,12H2,1-3H3. The molecular weight excluding hydrogens is 202 g/mol. The summed E-state index contributed by atoms with van der Waals surface area (Å²) in [6, 6.07) is 0.320. The van der Waals surface area contributed by atoms with Crippen molar-refractivity contribution in [2.24, 2.45) is 5.73 Å². The molecule has 16 heavy (non-hydrogen) atoms. The molecule has 2 rings (SSSR count). The minimum atomic E-state index is -0.0371. The van der Waals surface area contributed by atoms with Crippen LogP contribution >= 0.6 is 0 Å². The molecule has 2 heterocycles. The number of rotatable bonds is 3. The van der Waals surface area contributed by atoms with E-state index in [0.29, 0.717) is 6.04 Å². The summed E-state index contributed by atoms with van der Waals surface area (Å²) in [6.07, 6.45) is 7.38. The number of hydrogen-bond acceptors (Lipinski definition) is 3. The molecule has 0 aliphatic heterocycles. The molecule has 5 nitrogen and oxygen atoms in total. The number of aromatic nitrogens is 4. The largest absolute Gasteiger partial charge is 0.323 e. The highest BCUT2D eigenvalue weighted by Crippen LogP contribution is 2.16. The van der Waals surface area contributed by atoms with Gasteiger partial charge in [-0.1, -0.05) is 0 Å². The molecule has 86 valence electrons. The molecule has 0 bridgehead atoms. The van der Waals surface area contributed by atoms with Crippen LogP contribution in [-0.2, 0) is 0 Å². The Bertz CT molecular complexity index is 466. The van der Waals surface area contributed by atoms with Gasteiger partial charge in [0.2, 0.25) is 0 Å². The highest BCUT2D eigenvalue weighted by Gasteiger charge is 2.10. The van der Waals surface area contributed by atoms with Crippen molar-refractivity contribution in [3.63, 3.8) is 0 Å². The van der Waals surface area contributed by atoms with Crippen molar-refractivity contribution in [2.75, 3.05) is 0 Å². The summed E-state index contributed by atoms with van der Waals surface area (Å²) in [5.41, 5.74) is 7.86. The fraction of sp³-hybridized carbons (Fsp3) is 0.455. The lowest BCUT2D eigenvalue weighted by atomic mass is 10.2. The Morgan fingerprint density at radius 1 is 1.25 bits per heavy atom. The van der Waals surface area contributed by atoms with E-state index in [-0.39, 0.29) is 6.04 Å². The van der Waals surface area contributed by atoms with Gasteiger partial charge in [0.05, 0.1) is 30.1 Å². The van der Waals surface area contributed by atoms with E-state index in [9.17, 15) is 0 Å².